The second-order valence-corrected chi connectivity index (χ2v) is 8.79. The van der Waals surface area contributed by atoms with Crippen LogP contribution in [0.5, 0.6) is 17.2 Å². The first kappa shape index (κ1) is 22.4. The van der Waals surface area contributed by atoms with Crippen molar-refractivity contribution in [3.63, 3.8) is 0 Å². The fourth-order valence-corrected chi connectivity index (χ4v) is 4.10. The number of methoxy groups -OCH3 is 3. The van der Waals surface area contributed by atoms with Gasteiger partial charge in [-0.15, -0.1) is 0 Å². The van der Waals surface area contributed by atoms with Gasteiger partial charge in [-0.1, -0.05) is 0 Å². The van der Waals surface area contributed by atoms with Gasteiger partial charge in [0.25, 0.3) is 5.91 Å². The zero-order chi connectivity index (χ0) is 22.8. The van der Waals surface area contributed by atoms with Gasteiger partial charge >= 0.3 is 0 Å². The number of rotatable bonds is 6. The summed E-state index contributed by atoms with van der Waals surface area (Å²) >= 11 is 5.78. The van der Waals surface area contributed by atoms with Gasteiger partial charge in [0.15, 0.2) is 17.1 Å². The zero-order valence-corrected chi connectivity index (χ0v) is 21.1. The molecule has 7 nitrogen and oxygen atoms in total. The third-order valence-corrected chi connectivity index (χ3v) is 6.09. The van der Waals surface area contributed by atoms with E-state index in [-0.39, 0.29) is 5.91 Å². The van der Waals surface area contributed by atoms with Crippen molar-refractivity contribution in [2.24, 2.45) is 0 Å². The van der Waals surface area contributed by atoms with E-state index in [9.17, 15) is 4.79 Å². The summed E-state index contributed by atoms with van der Waals surface area (Å²) < 4.78 is 23.8. The van der Waals surface area contributed by atoms with Crippen LogP contribution < -0.4 is 19.5 Å². The number of hydrogen-bond donors (Lipinski definition) is 1. The van der Waals surface area contributed by atoms with E-state index in [4.69, 9.17) is 18.6 Å². The minimum absolute atomic E-state index is 0.326. The number of hydrogen-bond acceptors (Lipinski definition) is 6. The normalized spacial score (nSPS) is 10.8. The van der Waals surface area contributed by atoms with Gasteiger partial charge in [0.05, 0.1) is 26.9 Å². The second kappa shape index (κ2) is 9.37. The van der Waals surface area contributed by atoms with E-state index in [0.29, 0.717) is 45.5 Å². The molecule has 0 fully saturated rings. The Hall–Kier alpha value is -2.79. The maximum Gasteiger partial charge on any atom is 0.255 e. The van der Waals surface area contributed by atoms with Crippen molar-refractivity contribution in [1.82, 2.24) is 4.98 Å². The van der Waals surface area contributed by atoms with E-state index >= 15 is 0 Å². The summed E-state index contributed by atoms with van der Waals surface area (Å²) in [4.78, 5) is 17.5. The Morgan fingerprint density at radius 3 is 2.38 bits per heavy atom. The molecule has 3 aromatic carbocycles. The number of carbonyl (C=O) groups is 1. The third kappa shape index (κ3) is 4.40. The monoisotopic (exact) mass is 608 g/mol. The van der Waals surface area contributed by atoms with Crippen LogP contribution in [0.2, 0.25) is 0 Å². The molecule has 0 aliphatic rings. The van der Waals surface area contributed by atoms with Crippen molar-refractivity contribution in [1.29, 1.82) is 0 Å². The number of ether oxygens (including phenoxy) is 3. The topological polar surface area (TPSA) is 82.8 Å². The first-order valence-electron chi connectivity index (χ1n) is 9.41. The Balaban J connectivity index is 1.64. The molecule has 164 valence electrons. The summed E-state index contributed by atoms with van der Waals surface area (Å²) in [6.07, 6.45) is 0. The molecule has 0 radical (unpaired) electrons. The summed E-state index contributed by atoms with van der Waals surface area (Å²) in [5, 5.41) is 2.88. The number of anilines is 1. The van der Waals surface area contributed by atoms with Gasteiger partial charge < -0.3 is 23.9 Å². The first-order valence-corrected chi connectivity index (χ1v) is 11.3. The molecule has 4 aromatic rings. The van der Waals surface area contributed by atoms with Crippen molar-refractivity contribution in [3.05, 3.63) is 62.1 Å². The van der Waals surface area contributed by atoms with Crippen LogP contribution in [0.1, 0.15) is 10.4 Å². The van der Waals surface area contributed by atoms with Gasteiger partial charge in [-0.2, -0.15) is 0 Å². The van der Waals surface area contributed by atoms with Crippen molar-refractivity contribution >= 4 is 61.2 Å². The summed E-state index contributed by atoms with van der Waals surface area (Å²) in [5.41, 5.74) is 3.06. The smallest absolute Gasteiger partial charge is 0.255 e. The number of aromatic nitrogens is 1. The molecule has 0 bridgehead atoms. The Bertz CT molecular complexity index is 1300. The van der Waals surface area contributed by atoms with Crippen LogP contribution in [-0.4, -0.2) is 32.2 Å². The van der Waals surface area contributed by atoms with Crippen LogP contribution >= 0.6 is 38.5 Å². The maximum absolute atomic E-state index is 12.9. The lowest BCUT2D eigenvalue weighted by Crippen LogP contribution is -2.12. The Morgan fingerprint density at radius 2 is 1.72 bits per heavy atom. The molecule has 1 heterocycles. The summed E-state index contributed by atoms with van der Waals surface area (Å²) in [5.74, 6) is 1.39. The van der Waals surface area contributed by atoms with Crippen LogP contribution in [0.4, 0.5) is 5.69 Å². The van der Waals surface area contributed by atoms with Crippen LogP contribution in [0.3, 0.4) is 0 Å². The highest BCUT2D eigenvalue weighted by atomic mass is 127. The molecule has 0 saturated heterocycles. The minimum atomic E-state index is -0.326. The number of fused-ring (bicyclic) bond motifs is 1. The van der Waals surface area contributed by atoms with Crippen LogP contribution in [-0.2, 0) is 0 Å². The Morgan fingerprint density at radius 1 is 1.00 bits per heavy atom. The fourth-order valence-electron chi connectivity index (χ4n) is 3.20. The molecule has 0 saturated carbocycles. The summed E-state index contributed by atoms with van der Waals surface area (Å²) in [6.45, 7) is 0. The average Bonchev–Trinajstić information content (AvgIpc) is 3.22. The van der Waals surface area contributed by atoms with E-state index in [1.165, 1.54) is 21.3 Å². The molecule has 1 aromatic heterocycles. The second-order valence-electron chi connectivity index (χ2n) is 6.69. The molecular weight excluding hydrogens is 591 g/mol. The highest BCUT2D eigenvalue weighted by Crippen LogP contribution is 2.38. The van der Waals surface area contributed by atoms with Gasteiger partial charge in [0.2, 0.25) is 11.6 Å². The Labute approximate surface area is 206 Å². The van der Waals surface area contributed by atoms with Gasteiger partial charge in [-0.05, 0) is 87.1 Å². The molecule has 32 heavy (non-hydrogen) atoms. The van der Waals surface area contributed by atoms with Crippen LogP contribution in [0.15, 0.2) is 57.4 Å². The highest BCUT2D eigenvalue weighted by molar-refractivity contribution is 14.1. The van der Waals surface area contributed by atoms with E-state index in [1.807, 2.05) is 18.2 Å². The minimum Gasteiger partial charge on any atom is -0.493 e. The van der Waals surface area contributed by atoms with Crippen LogP contribution in [0, 0.1) is 3.57 Å². The molecule has 9 heteroatoms. The predicted octanol–water partition coefficient (Wildman–Crippen LogP) is 6.14. The van der Waals surface area contributed by atoms with E-state index in [2.05, 4.69) is 48.8 Å². The van der Waals surface area contributed by atoms with E-state index in [0.717, 1.165) is 13.6 Å². The molecule has 0 aliphatic heterocycles. The maximum atomic E-state index is 12.9. The molecule has 0 spiro atoms. The van der Waals surface area contributed by atoms with E-state index in [1.54, 1.807) is 30.3 Å². The molecule has 4 rings (SSSR count). The Kier molecular flexibility index (Phi) is 6.56. The number of benzene rings is 3. The quantitative estimate of drug-likeness (QED) is 0.265. The molecule has 1 amide bonds. The number of halogens is 2. The standard InChI is InChI=1S/C23H18BrIN2O5/c1-29-19-8-12(9-20(30-2)21(19)31-3)22(28)26-14-5-7-18-17(11-14)27-23(32-18)15-10-13(25)4-6-16(15)24/h4-11H,1-3H3,(H,26,28). The van der Waals surface area contributed by atoms with Crippen molar-refractivity contribution in [2.45, 2.75) is 0 Å². The largest absolute Gasteiger partial charge is 0.493 e. The number of oxazole rings is 1. The predicted molar refractivity (Wildman–Crippen MR) is 134 cm³/mol. The van der Waals surface area contributed by atoms with Gasteiger partial charge in [-0.3, -0.25) is 4.79 Å². The molecular formula is C23H18BrIN2O5. The van der Waals surface area contributed by atoms with Gasteiger partial charge in [-0.25, -0.2) is 4.98 Å². The summed E-state index contributed by atoms with van der Waals surface area (Å²) in [6, 6.07) is 14.4. The fraction of sp³-hybridized carbons (Fsp3) is 0.130. The third-order valence-electron chi connectivity index (χ3n) is 4.73. The van der Waals surface area contributed by atoms with Gasteiger partial charge in [0, 0.05) is 19.3 Å². The summed E-state index contributed by atoms with van der Waals surface area (Å²) in [7, 11) is 4.51. The lowest BCUT2D eigenvalue weighted by atomic mass is 10.1. The van der Waals surface area contributed by atoms with E-state index < -0.39 is 0 Å². The number of nitrogens with zero attached hydrogens (tertiary/aromatic N) is 1. The first-order chi connectivity index (χ1) is 15.4. The lowest BCUT2D eigenvalue weighted by molar-refractivity contribution is 0.102. The zero-order valence-electron chi connectivity index (χ0n) is 17.4. The van der Waals surface area contributed by atoms with Crippen molar-refractivity contribution in [3.8, 4) is 28.7 Å². The molecule has 0 unspecified atom stereocenters. The van der Waals surface area contributed by atoms with Crippen molar-refractivity contribution in [2.75, 3.05) is 26.6 Å². The van der Waals surface area contributed by atoms with Crippen molar-refractivity contribution < 1.29 is 23.4 Å². The van der Waals surface area contributed by atoms with Crippen LogP contribution in [0.25, 0.3) is 22.6 Å². The highest BCUT2D eigenvalue weighted by Gasteiger charge is 2.18. The average molecular weight is 609 g/mol. The number of amides is 1. The number of nitrogens with one attached hydrogen (secondary N) is 1. The van der Waals surface area contributed by atoms with Gasteiger partial charge in [0.1, 0.15) is 5.52 Å². The molecule has 1 N–H and O–H groups in total. The lowest BCUT2D eigenvalue weighted by Gasteiger charge is -2.14. The SMILES string of the molecule is COc1cc(C(=O)Nc2ccc3oc(-c4cc(I)ccc4Br)nc3c2)cc(OC)c1OC. The molecule has 0 aliphatic carbocycles. The molecule has 0 atom stereocenters. The number of carbonyl (C=O) groups excluding carboxylic acids is 1.